The lowest BCUT2D eigenvalue weighted by Crippen LogP contribution is -2.81. The summed E-state index contributed by atoms with van der Waals surface area (Å²) in [6.45, 7) is 27.1. The summed E-state index contributed by atoms with van der Waals surface area (Å²) in [5, 5.41) is 13.5. The number of methoxy groups -OCH3 is 1. The fourth-order valence-corrected chi connectivity index (χ4v) is 9.70. The molecule has 0 aromatic heterocycles. The van der Waals surface area contributed by atoms with Crippen LogP contribution in [0.3, 0.4) is 0 Å². The molecule has 11 heteroatoms. The zero-order valence-corrected chi connectivity index (χ0v) is 36.9. The molecule has 2 bridgehead atoms. The summed E-state index contributed by atoms with van der Waals surface area (Å²) in [5.74, 6) is -5.08. The molecule has 0 spiro atoms. The van der Waals surface area contributed by atoms with E-state index in [4.69, 9.17) is 23.7 Å². The molecule has 1 saturated heterocycles. The third-order valence-electron chi connectivity index (χ3n) is 12.6. The summed E-state index contributed by atoms with van der Waals surface area (Å²) in [7, 11) is 1.50. The van der Waals surface area contributed by atoms with Crippen molar-refractivity contribution in [3.63, 3.8) is 0 Å². The van der Waals surface area contributed by atoms with Crippen molar-refractivity contribution in [1.82, 2.24) is 0 Å². The minimum absolute atomic E-state index is 0.0493. The molecule has 1 aromatic carbocycles. The number of hydrogen-bond acceptors (Lipinski definition) is 11. The largest absolute Gasteiger partial charge is 0.458 e. The first-order valence-electron chi connectivity index (χ1n) is 20.6. The highest BCUT2D eigenvalue weighted by Crippen LogP contribution is 2.65. The number of ether oxygens (including phenoxy) is 5. The van der Waals surface area contributed by atoms with E-state index in [9.17, 15) is 24.3 Å². The van der Waals surface area contributed by atoms with Gasteiger partial charge in [0, 0.05) is 44.6 Å². The Morgan fingerprint density at radius 2 is 1.52 bits per heavy atom. The number of fused-ring (bicyclic) bond motifs is 5. The maximum atomic E-state index is 15.2. The van der Waals surface area contributed by atoms with Crippen LogP contribution < -0.4 is 0 Å². The lowest BCUT2D eigenvalue weighted by atomic mass is 9.43. The van der Waals surface area contributed by atoms with E-state index in [1.54, 1.807) is 71.9 Å². The van der Waals surface area contributed by atoms with Crippen molar-refractivity contribution in [3.05, 3.63) is 47.0 Å². The van der Waals surface area contributed by atoms with E-state index in [2.05, 4.69) is 0 Å². The lowest BCUT2D eigenvalue weighted by molar-refractivity contribution is -0.346. The average molecular weight is 787 g/mol. The molecule has 56 heavy (non-hydrogen) atoms. The monoisotopic (exact) mass is 786 g/mol. The summed E-state index contributed by atoms with van der Waals surface area (Å²) >= 11 is 0. The Morgan fingerprint density at radius 3 is 2.00 bits per heavy atom. The van der Waals surface area contributed by atoms with Crippen molar-refractivity contribution in [2.45, 2.75) is 159 Å². The summed E-state index contributed by atoms with van der Waals surface area (Å²) in [5.41, 5.74) is -4.67. The molecule has 1 N–H and O–H groups in total. The van der Waals surface area contributed by atoms with Gasteiger partial charge in [-0.2, -0.15) is 0 Å². The number of rotatable bonds is 9. The fourth-order valence-electron chi connectivity index (χ4n) is 9.70. The minimum atomic E-state index is -1.98. The maximum Gasteiger partial charge on any atom is 0.338 e. The van der Waals surface area contributed by atoms with E-state index in [1.807, 2.05) is 48.5 Å². The normalized spacial score (nSPS) is 33.4. The Labute approximate surface area is 335 Å². The molecule has 316 valence electrons. The predicted molar refractivity (Wildman–Crippen MR) is 215 cm³/mol. The van der Waals surface area contributed by atoms with Crippen LogP contribution in [0, 0.1) is 34.5 Å². The molecule has 11 nitrogen and oxygen atoms in total. The second-order valence-corrected chi connectivity index (χ2v) is 15.8. The zero-order chi connectivity index (χ0) is 43.1. The number of esters is 3. The third-order valence-corrected chi connectivity index (χ3v) is 12.6. The van der Waals surface area contributed by atoms with Gasteiger partial charge >= 0.3 is 17.9 Å². The van der Waals surface area contributed by atoms with Gasteiger partial charge in [-0.3, -0.25) is 14.4 Å². The second-order valence-electron chi connectivity index (χ2n) is 15.8. The third kappa shape index (κ3) is 8.42. The van der Waals surface area contributed by atoms with Crippen molar-refractivity contribution in [1.29, 1.82) is 0 Å². The van der Waals surface area contributed by atoms with Gasteiger partial charge in [-0.05, 0) is 50.0 Å². The van der Waals surface area contributed by atoms with E-state index in [-0.39, 0.29) is 48.9 Å². The number of carbonyl (C=O) groups is 5. The highest BCUT2D eigenvalue weighted by molar-refractivity contribution is 5.92. The Balaban J connectivity index is 0.00000172. The predicted octanol–water partition coefficient (Wildman–Crippen LogP) is 7.89. The number of benzene rings is 1. The molecule has 3 fully saturated rings. The van der Waals surface area contributed by atoms with Crippen molar-refractivity contribution >= 4 is 29.5 Å². The van der Waals surface area contributed by atoms with Crippen molar-refractivity contribution in [3.8, 4) is 0 Å². The molecule has 0 radical (unpaired) electrons. The van der Waals surface area contributed by atoms with Crippen LogP contribution in [0.5, 0.6) is 0 Å². The molecule has 1 unspecified atom stereocenters. The zero-order valence-electron chi connectivity index (χ0n) is 36.9. The van der Waals surface area contributed by atoms with Crippen LogP contribution in [0.1, 0.15) is 133 Å². The molecular weight excluding hydrogens is 716 g/mol. The lowest BCUT2D eigenvalue weighted by Gasteiger charge is -2.68. The Morgan fingerprint density at radius 1 is 0.946 bits per heavy atom. The number of hydrogen-bond donors (Lipinski definition) is 1. The van der Waals surface area contributed by atoms with Crippen LogP contribution in [-0.4, -0.2) is 83.9 Å². The molecule has 3 aliphatic carbocycles. The molecule has 1 aromatic rings. The van der Waals surface area contributed by atoms with E-state index >= 15 is 4.79 Å². The van der Waals surface area contributed by atoms with E-state index in [0.29, 0.717) is 11.1 Å². The van der Waals surface area contributed by atoms with Crippen LogP contribution in [0.4, 0.5) is 0 Å². The Bertz CT molecular complexity index is 1580. The van der Waals surface area contributed by atoms with Gasteiger partial charge in [0.25, 0.3) is 0 Å². The highest BCUT2D eigenvalue weighted by atomic mass is 16.6. The summed E-state index contributed by atoms with van der Waals surface area (Å²) in [4.78, 5) is 67.7. The number of aliphatic hydroxyl groups is 1. The van der Waals surface area contributed by atoms with Crippen LogP contribution in [0.25, 0.3) is 0 Å². The Hall–Kier alpha value is -3.41. The fraction of sp³-hybridized carbons (Fsp3) is 0.711. The van der Waals surface area contributed by atoms with Gasteiger partial charge < -0.3 is 33.6 Å². The van der Waals surface area contributed by atoms with Gasteiger partial charge in [0.2, 0.25) is 0 Å². The van der Waals surface area contributed by atoms with Gasteiger partial charge in [-0.25, -0.2) is 4.79 Å². The summed E-state index contributed by atoms with van der Waals surface area (Å²) in [6.07, 6.45) is -3.70. The smallest absolute Gasteiger partial charge is 0.338 e. The molecular formula is C45H70O11. The van der Waals surface area contributed by atoms with Gasteiger partial charge in [-0.15, -0.1) is 0 Å². The average Bonchev–Trinajstić information content (AvgIpc) is 3.16. The number of ketones is 2. The van der Waals surface area contributed by atoms with Gasteiger partial charge in [-0.1, -0.05) is 94.4 Å². The topological polar surface area (TPSA) is 152 Å². The van der Waals surface area contributed by atoms with E-state index in [1.165, 1.54) is 21.0 Å². The molecule has 1 heterocycles. The molecule has 2 saturated carbocycles. The molecule has 0 amide bonds. The van der Waals surface area contributed by atoms with Gasteiger partial charge in [0.15, 0.2) is 5.60 Å². The number of carbonyl (C=O) groups excluding carboxylic acids is 5. The van der Waals surface area contributed by atoms with Crippen molar-refractivity contribution < 1.29 is 52.8 Å². The first kappa shape index (κ1) is 48.7. The molecule has 11 atom stereocenters. The molecule has 4 aliphatic rings. The Kier molecular flexibility index (Phi) is 16.8. The first-order chi connectivity index (χ1) is 26.3. The quantitative estimate of drug-likeness (QED) is 0.148. The SMILES string of the molecule is CC.CC.CC.CO[C@H]1C[C@H]2OC[C@@]2(OC(C)=O)C2[C@H](OC(=O)c3ccccc3)[C@]3(O)C[C@H](OC(=O)[C@H](C)[C@H](C)CC(C)=O)C(C)=C([C@@H](C)C(=O)[C@@]21C)C3(C)C. The highest BCUT2D eigenvalue weighted by Gasteiger charge is 2.77. The molecule has 1 aliphatic heterocycles. The molecule has 5 rings (SSSR count). The van der Waals surface area contributed by atoms with Gasteiger partial charge in [0.05, 0.1) is 35.5 Å². The standard InChI is InChI=1S/C39H52O11.3C2H6/c1-20(16-21(2)40)22(3)34(43)48-27-18-39(45)33(49-35(44)26-14-12-11-13-15-26)31-37(9,32(42)24(5)30(23(27)4)36(39,7)8)28(46-10)17-29-38(31,19-47-29)50-25(6)41;3*1-2/h11-15,20,22,24,27-29,31,33,45H,16-19H2,1-10H3;3*1-2H3/t20-,22-,24-,27+,28+,29-,31?,33+,37-,38+,39-;;;/m1.../s1. The first-order valence-corrected chi connectivity index (χ1v) is 20.6. The second kappa shape index (κ2) is 19.4. The van der Waals surface area contributed by atoms with Crippen LogP contribution in [0.2, 0.25) is 0 Å². The van der Waals surface area contributed by atoms with E-state index in [0.717, 1.165) is 0 Å². The van der Waals surface area contributed by atoms with E-state index < -0.39 is 82.1 Å². The van der Waals surface area contributed by atoms with Crippen LogP contribution in [-0.2, 0) is 42.9 Å². The van der Waals surface area contributed by atoms with Crippen molar-refractivity contribution in [2.24, 2.45) is 34.5 Å². The van der Waals surface area contributed by atoms with Crippen molar-refractivity contribution in [2.75, 3.05) is 13.7 Å². The van der Waals surface area contributed by atoms with Crippen LogP contribution in [0.15, 0.2) is 41.5 Å². The maximum absolute atomic E-state index is 15.2. The summed E-state index contributed by atoms with van der Waals surface area (Å²) < 4.78 is 30.8. The number of Topliss-reactive ketones (excluding diaryl/α,β-unsaturated/α-hetero) is 2. The van der Waals surface area contributed by atoms with Gasteiger partial charge in [0.1, 0.15) is 35.5 Å². The summed E-state index contributed by atoms with van der Waals surface area (Å²) in [6, 6.07) is 8.32. The minimum Gasteiger partial charge on any atom is -0.458 e. The van der Waals surface area contributed by atoms with Crippen LogP contribution >= 0.6 is 0 Å².